The number of amides is 1. The molecule has 1 amide bonds. The average Bonchev–Trinajstić information content (AvgIpc) is 2.84. The Bertz CT molecular complexity index is 1080. The zero-order valence-corrected chi connectivity index (χ0v) is 17.8. The van der Waals surface area contributed by atoms with Crippen LogP contribution in [0.2, 0.25) is 0 Å². The molecule has 0 radical (unpaired) electrons. The average molecular weight is 477 g/mol. The second-order valence-electron chi connectivity index (χ2n) is 7.18. The third kappa shape index (κ3) is 6.75. The third-order valence-corrected chi connectivity index (χ3v) is 4.81. The molecule has 0 aromatic heterocycles. The largest absolute Gasteiger partial charge is 0.465 e. The minimum Gasteiger partial charge on any atom is -0.465 e. The van der Waals surface area contributed by atoms with Crippen molar-refractivity contribution in [3.63, 3.8) is 0 Å². The van der Waals surface area contributed by atoms with Crippen molar-refractivity contribution in [1.29, 1.82) is 0 Å². The lowest BCUT2D eigenvalue weighted by Crippen LogP contribution is -2.61. The Morgan fingerprint density at radius 1 is 0.971 bits per heavy atom. The highest BCUT2D eigenvalue weighted by Crippen LogP contribution is 2.26. The molecule has 0 saturated carbocycles. The maximum absolute atomic E-state index is 12.6. The molecule has 1 fully saturated rings. The molecule has 1 aliphatic heterocycles. The molecule has 2 aromatic rings. The lowest BCUT2D eigenvalue weighted by molar-refractivity contribution is -0.299. The first-order valence-corrected chi connectivity index (χ1v) is 10.3. The second kappa shape index (κ2) is 12.1. The van der Waals surface area contributed by atoms with E-state index in [0.29, 0.717) is 0 Å². The molecule has 1 saturated heterocycles. The van der Waals surface area contributed by atoms with Gasteiger partial charge < -0.3 is 39.6 Å². The highest BCUT2D eigenvalue weighted by Gasteiger charge is 2.48. The summed E-state index contributed by atoms with van der Waals surface area (Å²) in [6.45, 7) is -0.873. The van der Waals surface area contributed by atoms with Gasteiger partial charge in [-0.25, -0.2) is 14.4 Å². The number of nitrogens with one attached hydrogen (secondary N) is 1. The molecular weight excluding hydrogens is 450 g/mol. The van der Waals surface area contributed by atoms with Crippen molar-refractivity contribution in [2.75, 3.05) is 19.8 Å². The van der Waals surface area contributed by atoms with E-state index >= 15 is 0 Å². The van der Waals surface area contributed by atoms with Crippen molar-refractivity contribution in [2.24, 2.45) is 0 Å². The number of aliphatic hydroxyl groups excluding tert-OH is 2. The maximum Gasteiger partial charge on any atom is 0.404 e. The summed E-state index contributed by atoms with van der Waals surface area (Å²) < 4.78 is 36.8. The van der Waals surface area contributed by atoms with Gasteiger partial charge in [-0.2, -0.15) is 0 Å². The van der Waals surface area contributed by atoms with Crippen LogP contribution in [0.3, 0.4) is 0 Å². The number of benzene rings is 2. The van der Waals surface area contributed by atoms with Gasteiger partial charge in [0, 0.05) is 6.54 Å². The van der Waals surface area contributed by atoms with Crippen molar-refractivity contribution in [3.8, 4) is 0 Å². The summed E-state index contributed by atoms with van der Waals surface area (Å²) >= 11 is 0. The van der Waals surface area contributed by atoms with Crippen molar-refractivity contribution >= 4 is 18.0 Å². The van der Waals surface area contributed by atoms with Crippen molar-refractivity contribution in [1.82, 2.24) is 5.32 Å². The molecule has 1 aliphatic rings. The smallest absolute Gasteiger partial charge is 0.404 e. The first kappa shape index (κ1) is 22.3. The highest BCUT2D eigenvalue weighted by molar-refractivity contribution is 5.90. The Kier molecular flexibility index (Phi) is 7.93. The molecule has 0 aliphatic carbocycles. The normalized spacial score (nSPS) is 24.9. The molecule has 11 nitrogen and oxygen atoms in total. The fourth-order valence-corrected chi connectivity index (χ4v) is 3.13. The Balaban J connectivity index is 1.74. The topological polar surface area (TPSA) is 161 Å². The van der Waals surface area contributed by atoms with Gasteiger partial charge in [-0.15, -0.1) is 0 Å². The molecule has 182 valence electrons. The Morgan fingerprint density at radius 3 is 2.24 bits per heavy atom. The van der Waals surface area contributed by atoms with Gasteiger partial charge in [0.1, 0.15) is 24.9 Å². The van der Waals surface area contributed by atoms with Gasteiger partial charge in [0.15, 0.2) is 12.4 Å². The first-order valence-electron chi connectivity index (χ1n) is 11.3. The summed E-state index contributed by atoms with van der Waals surface area (Å²) in [6.07, 6.45) is -8.93. The number of carbonyl (C=O) groups excluding carboxylic acids is 2. The summed E-state index contributed by atoms with van der Waals surface area (Å²) in [4.78, 5) is 35.7. The van der Waals surface area contributed by atoms with Gasteiger partial charge >= 0.3 is 18.0 Å². The monoisotopic (exact) mass is 477 g/mol. The van der Waals surface area contributed by atoms with Crippen LogP contribution < -0.4 is 5.32 Å². The van der Waals surface area contributed by atoms with Crippen LogP contribution in [0.4, 0.5) is 4.79 Å². The van der Waals surface area contributed by atoms with E-state index in [9.17, 15) is 24.6 Å². The van der Waals surface area contributed by atoms with Crippen molar-refractivity contribution < 1.29 is 51.4 Å². The first-order chi connectivity index (χ1) is 17.2. The van der Waals surface area contributed by atoms with Crippen LogP contribution in [0, 0.1) is 0 Å². The molecule has 5 atom stereocenters. The fourth-order valence-electron chi connectivity index (χ4n) is 3.13. The Hall–Kier alpha value is -3.51. The molecule has 34 heavy (non-hydrogen) atoms. The Labute approximate surface area is 197 Å². The molecule has 1 heterocycles. The molecule has 2 aromatic carbocycles. The van der Waals surface area contributed by atoms with Crippen molar-refractivity contribution in [2.45, 2.75) is 30.7 Å². The Morgan fingerprint density at radius 2 is 1.62 bits per heavy atom. The minimum absolute atomic E-state index is 0.0188. The predicted molar refractivity (Wildman–Crippen MR) is 115 cm³/mol. The van der Waals surface area contributed by atoms with E-state index in [1.165, 1.54) is 48.5 Å². The second-order valence-corrected chi connectivity index (χ2v) is 7.18. The molecule has 4 N–H and O–H groups in total. The van der Waals surface area contributed by atoms with Gasteiger partial charge in [0.25, 0.3) is 0 Å². The number of rotatable bonds is 9. The zero-order valence-electron chi connectivity index (χ0n) is 19.8. The van der Waals surface area contributed by atoms with E-state index in [1.54, 1.807) is 0 Å². The lowest BCUT2D eigenvalue weighted by Gasteiger charge is -2.41. The number of aliphatic hydroxyl groups is 2. The predicted octanol–water partition coefficient (Wildman–Crippen LogP) is 0.800. The summed E-state index contributed by atoms with van der Waals surface area (Å²) in [5.41, 5.74) is 0.109. The van der Waals surface area contributed by atoms with Crippen LogP contribution in [0.5, 0.6) is 0 Å². The SMILES string of the molecule is [2H]c1cccc(C(=O)OC[C@H]2OC(OCCNC(=O)O)[C@H](O)[C@@H](O)[C@H]2OC(=O)c2cccc([2H])c2)c1. The molecule has 1 unspecified atom stereocenters. The van der Waals surface area contributed by atoms with E-state index in [1.807, 2.05) is 0 Å². The van der Waals surface area contributed by atoms with Crippen LogP contribution in [-0.4, -0.2) is 83.8 Å². The van der Waals surface area contributed by atoms with Crippen LogP contribution in [0.15, 0.2) is 60.6 Å². The van der Waals surface area contributed by atoms with Crippen LogP contribution in [-0.2, 0) is 18.9 Å². The maximum atomic E-state index is 12.6. The van der Waals surface area contributed by atoms with E-state index in [4.69, 9.17) is 26.8 Å². The summed E-state index contributed by atoms with van der Waals surface area (Å²) in [5.74, 6) is -1.71. The summed E-state index contributed by atoms with van der Waals surface area (Å²) in [6, 6.07) is 11.4. The summed E-state index contributed by atoms with van der Waals surface area (Å²) in [7, 11) is 0. The number of ether oxygens (including phenoxy) is 4. The van der Waals surface area contributed by atoms with Crippen molar-refractivity contribution in [3.05, 3.63) is 71.7 Å². The summed E-state index contributed by atoms with van der Waals surface area (Å²) in [5, 5.41) is 31.9. The van der Waals surface area contributed by atoms with Crippen LogP contribution in [0.25, 0.3) is 0 Å². The van der Waals surface area contributed by atoms with Gasteiger partial charge in [-0.3, -0.25) is 0 Å². The fraction of sp³-hybridized carbons (Fsp3) is 0.348. The zero-order chi connectivity index (χ0) is 26.2. The van der Waals surface area contributed by atoms with Gasteiger partial charge in [-0.1, -0.05) is 36.4 Å². The minimum atomic E-state index is -1.72. The van der Waals surface area contributed by atoms with Gasteiger partial charge in [-0.05, 0) is 24.3 Å². The standard InChI is InChI=1S/C23H25NO10/c25-17-18(26)22(31-12-11-24-23(29)30)33-16(13-32-20(27)14-7-3-1-4-8-14)19(17)34-21(28)15-9-5-2-6-10-15/h1-10,16-19,22,24-26H,11-13H2,(H,29,30)/t16-,17-,18-,19+,22?/m1/s1/i3D,5D. The third-order valence-electron chi connectivity index (χ3n) is 4.81. The number of hydrogen-bond acceptors (Lipinski definition) is 9. The van der Waals surface area contributed by atoms with E-state index in [-0.39, 0.29) is 36.4 Å². The van der Waals surface area contributed by atoms with Gasteiger partial charge in [0.05, 0.1) is 20.5 Å². The molecule has 3 rings (SSSR count). The highest BCUT2D eigenvalue weighted by atomic mass is 16.7. The van der Waals surface area contributed by atoms with E-state index < -0.39 is 55.3 Å². The van der Waals surface area contributed by atoms with Crippen LogP contribution in [0.1, 0.15) is 23.5 Å². The number of carbonyl (C=O) groups is 3. The molecule has 11 heteroatoms. The molecule has 0 spiro atoms. The lowest BCUT2D eigenvalue weighted by atomic mass is 9.98. The molecular formula is C23H25NO10. The number of esters is 2. The van der Waals surface area contributed by atoms with Crippen LogP contribution >= 0.6 is 0 Å². The van der Waals surface area contributed by atoms with Gasteiger partial charge in [0.2, 0.25) is 0 Å². The quantitative estimate of drug-likeness (QED) is 0.300. The number of hydrogen-bond donors (Lipinski definition) is 4. The van der Waals surface area contributed by atoms with E-state index in [2.05, 4.69) is 5.32 Å². The van der Waals surface area contributed by atoms with E-state index in [0.717, 1.165) is 0 Å². The number of carboxylic acid groups (broad SMARTS) is 1. The molecule has 0 bridgehead atoms.